The van der Waals surface area contributed by atoms with E-state index in [-0.39, 0.29) is 42.7 Å². The molecule has 2 aliphatic rings. The van der Waals surface area contributed by atoms with Gasteiger partial charge in [-0.1, -0.05) is 39.0 Å². The fourth-order valence-corrected chi connectivity index (χ4v) is 5.08. The van der Waals surface area contributed by atoms with Crippen molar-refractivity contribution in [1.82, 2.24) is 0 Å². The van der Waals surface area contributed by atoms with Crippen LogP contribution in [0.3, 0.4) is 0 Å². The third-order valence-electron chi connectivity index (χ3n) is 7.28. The normalized spacial score (nSPS) is 35.7. The van der Waals surface area contributed by atoms with E-state index in [1.165, 1.54) is 0 Å². The molecule has 180 valence electrons. The van der Waals surface area contributed by atoms with Crippen molar-refractivity contribution in [2.75, 3.05) is 28.4 Å². The summed E-state index contributed by atoms with van der Waals surface area (Å²) in [4.78, 5) is 0. The average Bonchev–Trinajstić information content (AvgIpc) is 3.58. The first-order chi connectivity index (χ1) is 14.8. The van der Waals surface area contributed by atoms with E-state index >= 15 is 0 Å². The standard InChI is InChI=1S/C25H44O6/c1-9-20(27-5)17(4)18-13-19(18)23(26)15(2)11-10-12-16(3)24-25(30-8)21(28-6)14-22(29-7)31-24/h10-12,15,17-26H,9,13-14H2,1-8H3/b11-10+,16-12+/t15-,17-,18+,19?,20-,21-,22+,23+,24-,25+/m0/s1. The highest BCUT2D eigenvalue weighted by atomic mass is 16.7. The minimum absolute atomic E-state index is 0.0813. The van der Waals surface area contributed by atoms with E-state index in [1.807, 2.05) is 19.1 Å². The molecular formula is C25H44O6. The van der Waals surface area contributed by atoms with E-state index in [0.29, 0.717) is 24.2 Å². The van der Waals surface area contributed by atoms with Crippen LogP contribution in [0, 0.1) is 23.7 Å². The maximum Gasteiger partial charge on any atom is 0.160 e. The summed E-state index contributed by atoms with van der Waals surface area (Å²) in [6.07, 6.45) is 7.96. The molecule has 0 radical (unpaired) electrons. The molecule has 6 heteroatoms. The van der Waals surface area contributed by atoms with Crippen molar-refractivity contribution in [3.63, 3.8) is 0 Å². The number of rotatable bonds is 12. The molecule has 0 spiro atoms. The van der Waals surface area contributed by atoms with E-state index in [9.17, 15) is 5.11 Å². The number of aliphatic hydroxyl groups excluding tert-OH is 1. The van der Waals surface area contributed by atoms with E-state index < -0.39 is 0 Å². The Morgan fingerprint density at radius 3 is 2.32 bits per heavy atom. The first kappa shape index (κ1) is 26.5. The summed E-state index contributed by atoms with van der Waals surface area (Å²) in [7, 11) is 6.80. The summed E-state index contributed by atoms with van der Waals surface area (Å²) in [6, 6.07) is 0. The van der Waals surface area contributed by atoms with Crippen LogP contribution in [0.2, 0.25) is 0 Å². The molecule has 0 aromatic rings. The molecule has 1 unspecified atom stereocenters. The zero-order chi connectivity index (χ0) is 23.1. The van der Waals surface area contributed by atoms with Gasteiger partial charge in [0.2, 0.25) is 0 Å². The van der Waals surface area contributed by atoms with Crippen LogP contribution in [-0.4, -0.2) is 70.4 Å². The quantitative estimate of drug-likeness (QED) is 0.463. The Balaban J connectivity index is 1.96. The van der Waals surface area contributed by atoms with Crippen LogP contribution < -0.4 is 0 Å². The van der Waals surface area contributed by atoms with Gasteiger partial charge in [0.15, 0.2) is 6.29 Å². The topological polar surface area (TPSA) is 66.4 Å². The minimum atomic E-state index is -0.333. The lowest BCUT2D eigenvalue weighted by Gasteiger charge is -2.40. The number of allylic oxidation sites excluding steroid dienone is 2. The fraction of sp³-hybridized carbons (Fsp3) is 0.840. The Labute approximate surface area is 188 Å². The summed E-state index contributed by atoms with van der Waals surface area (Å²) >= 11 is 0. The van der Waals surface area contributed by atoms with Crippen molar-refractivity contribution < 1.29 is 28.8 Å². The first-order valence-corrected chi connectivity index (χ1v) is 11.6. The predicted molar refractivity (Wildman–Crippen MR) is 122 cm³/mol. The molecule has 1 aliphatic heterocycles. The number of ether oxygens (including phenoxy) is 5. The Hall–Kier alpha value is -0.760. The van der Waals surface area contributed by atoms with Gasteiger partial charge < -0.3 is 28.8 Å². The minimum Gasteiger partial charge on any atom is -0.392 e. The number of hydrogen-bond donors (Lipinski definition) is 1. The van der Waals surface area contributed by atoms with Crippen molar-refractivity contribution in [2.45, 2.75) is 83.8 Å². The summed E-state index contributed by atoms with van der Waals surface area (Å²) in [5.41, 5.74) is 1.04. The molecule has 1 saturated carbocycles. The lowest BCUT2D eigenvalue weighted by Crippen LogP contribution is -2.51. The average molecular weight is 441 g/mol. The molecule has 6 nitrogen and oxygen atoms in total. The van der Waals surface area contributed by atoms with Crippen molar-refractivity contribution in [3.8, 4) is 0 Å². The van der Waals surface area contributed by atoms with Gasteiger partial charge in [-0.15, -0.1) is 0 Å². The highest BCUT2D eigenvalue weighted by molar-refractivity contribution is 5.18. The molecule has 0 aromatic heterocycles. The molecule has 1 aliphatic carbocycles. The predicted octanol–water partition coefficient (Wildman–Crippen LogP) is 3.97. The molecule has 1 heterocycles. The van der Waals surface area contributed by atoms with Gasteiger partial charge in [-0.05, 0) is 43.1 Å². The van der Waals surface area contributed by atoms with Crippen LogP contribution in [0.4, 0.5) is 0 Å². The molecule has 0 aromatic carbocycles. The molecule has 2 fully saturated rings. The molecule has 31 heavy (non-hydrogen) atoms. The van der Waals surface area contributed by atoms with E-state index in [0.717, 1.165) is 18.4 Å². The van der Waals surface area contributed by atoms with Crippen LogP contribution >= 0.6 is 0 Å². The summed E-state index contributed by atoms with van der Waals surface area (Å²) in [6.45, 7) is 8.51. The second kappa shape index (κ2) is 12.5. The Morgan fingerprint density at radius 1 is 1.06 bits per heavy atom. The molecule has 10 atom stereocenters. The summed E-state index contributed by atoms with van der Waals surface area (Å²) in [5, 5.41) is 10.8. The van der Waals surface area contributed by atoms with Crippen LogP contribution in [0.1, 0.15) is 47.0 Å². The van der Waals surface area contributed by atoms with Gasteiger partial charge in [0.05, 0.1) is 18.3 Å². The fourth-order valence-electron chi connectivity index (χ4n) is 5.08. The second-order valence-corrected chi connectivity index (χ2v) is 9.18. The van der Waals surface area contributed by atoms with Gasteiger partial charge in [0, 0.05) is 40.8 Å². The van der Waals surface area contributed by atoms with Gasteiger partial charge in [0.25, 0.3) is 0 Å². The SMILES string of the molecule is CC[C@H](OC)[C@@H](C)[C@H]1CC1[C@H](O)[C@@H](C)/C=C/C=C(\C)[C@@H]1O[C@@H](OC)C[C@H](OC)[C@H]1OC. The highest BCUT2D eigenvalue weighted by Gasteiger charge is 2.48. The second-order valence-electron chi connectivity index (χ2n) is 9.18. The lowest BCUT2D eigenvalue weighted by atomic mass is 9.91. The van der Waals surface area contributed by atoms with E-state index in [2.05, 4.69) is 26.8 Å². The van der Waals surface area contributed by atoms with Crippen LogP contribution in [0.5, 0.6) is 0 Å². The van der Waals surface area contributed by atoms with Gasteiger partial charge in [-0.2, -0.15) is 0 Å². The maximum absolute atomic E-state index is 10.8. The molecular weight excluding hydrogens is 396 g/mol. The Kier molecular flexibility index (Phi) is 10.7. The van der Waals surface area contributed by atoms with Crippen LogP contribution in [0.15, 0.2) is 23.8 Å². The molecule has 0 bridgehead atoms. The van der Waals surface area contributed by atoms with Crippen molar-refractivity contribution in [1.29, 1.82) is 0 Å². The highest BCUT2D eigenvalue weighted by Crippen LogP contribution is 2.49. The zero-order valence-corrected chi connectivity index (χ0v) is 20.6. The molecule has 1 N–H and O–H groups in total. The Morgan fingerprint density at radius 2 is 1.77 bits per heavy atom. The van der Waals surface area contributed by atoms with Gasteiger partial charge in [-0.3, -0.25) is 0 Å². The van der Waals surface area contributed by atoms with Crippen LogP contribution in [-0.2, 0) is 23.7 Å². The maximum atomic E-state index is 10.8. The van der Waals surface area contributed by atoms with Gasteiger partial charge in [0.1, 0.15) is 12.2 Å². The lowest BCUT2D eigenvalue weighted by molar-refractivity contribution is -0.241. The first-order valence-electron chi connectivity index (χ1n) is 11.6. The summed E-state index contributed by atoms with van der Waals surface area (Å²) in [5.74, 6) is 1.46. The van der Waals surface area contributed by atoms with Gasteiger partial charge in [-0.25, -0.2) is 0 Å². The zero-order valence-electron chi connectivity index (χ0n) is 20.6. The number of methoxy groups -OCH3 is 4. The number of aliphatic hydroxyl groups is 1. The van der Waals surface area contributed by atoms with Crippen LogP contribution in [0.25, 0.3) is 0 Å². The van der Waals surface area contributed by atoms with E-state index in [1.54, 1.807) is 28.4 Å². The third-order valence-corrected chi connectivity index (χ3v) is 7.28. The van der Waals surface area contributed by atoms with Crippen molar-refractivity contribution in [2.24, 2.45) is 23.7 Å². The summed E-state index contributed by atoms with van der Waals surface area (Å²) < 4.78 is 28.4. The molecule has 2 rings (SSSR count). The third kappa shape index (κ3) is 6.62. The Bertz CT molecular complexity index is 587. The van der Waals surface area contributed by atoms with Crippen molar-refractivity contribution >= 4 is 0 Å². The largest absolute Gasteiger partial charge is 0.392 e. The molecule has 1 saturated heterocycles. The van der Waals surface area contributed by atoms with Gasteiger partial charge >= 0.3 is 0 Å². The van der Waals surface area contributed by atoms with Crippen molar-refractivity contribution in [3.05, 3.63) is 23.8 Å². The van der Waals surface area contributed by atoms with E-state index in [4.69, 9.17) is 23.7 Å². The number of hydrogen-bond acceptors (Lipinski definition) is 6. The smallest absolute Gasteiger partial charge is 0.160 e. The molecule has 0 amide bonds. The monoisotopic (exact) mass is 440 g/mol.